The highest BCUT2D eigenvalue weighted by Gasteiger charge is 2.13. The smallest absolute Gasteiger partial charge is 0.296 e. The third kappa shape index (κ3) is 2.48. The Bertz CT molecular complexity index is 745. The van der Waals surface area contributed by atoms with Gasteiger partial charge in [-0.1, -0.05) is 17.3 Å². The third-order valence-electron chi connectivity index (χ3n) is 2.81. The fourth-order valence-corrected chi connectivity index (χ4v) is 1.82. The van der Waals surface area contributed by atoms with Gasteiger partial charge in [-0.15, -0.1) is 0 Å². The van der Waals surface area contributed by atoms with Crippen LogP contribution in [0, 0.1) is 5.82 Å². The first-order valence-corrected chi connectivity index (χ1v) is 5.86. The highest BCUT2D eigenvalue weighted by molar-refractivity contribution is 5.19. The molecule has 3 rings (SSSR count). The van der Waals surface area contributed by atoms with Crippen LogP contribution in [-0.4, -0.2) is 24.9 Å². The van der Waals surface area contributed by atoms with E-state index < -0.39 is 5.76 Å². The average molecular weight is 275 g/mol. The van der Waals surface area contributed by atoms with Gasteiger partial charge in [-0.3, -0.25) is 14.2 Å². The van der Waals surface area contributed by atoms with E-state index in [1.165, 1.54) is 23.0 Å². The van der Waals surface area contributed by atoms with E-state index in [1.807, 2.05) is 0 Å². The Balaban J connectivity index is 1.87. The topological polar surface area (TPSA) is 89.6 Å². The molecule has 1 N–H and O–H groups in total. The van der Waals surface area contributed by atoms with Crippen LogP contribution in [0.4, 0.5) is 4.39 Å². The van der Waals surface area contributed by atoms with Gasteiger partial charge in [-0.25, -0.2) is 14.2 Å². The van der Waals surface area contributed by atoms with E-state index in [2.05, 4.69) is 24.9 Å². The zero-order valence-electron chi connectivity index (χ0n) is 10.3. The van der Waals surface area contributed by atoms with E-state index in [1.54, 1.807) is 12.1 Å². The van der Waals surface area contributed by atoms with E-state index in [0.29, 0.717) is 18.1 Å². The lowest BCUT2D eigenvalue weighted by Gasteiger charge is -2.02. The predicted molar refractivity (Wildman–Crippen MR) is 65.5 cm³/mol. The summed E-state index contributed by atoms with van der Waals surface area (Å²) in [5.41, 5.74) is 0.825. The van der Waals surface area contributed by atoms with Gasteiger partial charge >= 0.3 is 5.76 Å². The van der Waals surface area contributed by atoms with Crippen LogP contribution in [0.15, 0.2) is 39.9 Å². The Morgan fingerprint density at radius 1 is 1.30 bits per heavy atom. The molecule has 20 heavy (non-hydrogen) atoms. The van der Waals surface area contributed by atoms with Crippen molar-refractivity contribution in [3.8, 4) is 0 Å². The molecular weight excluding hydrogens is 265 g/mol. The monoisotopic (exact) mass is 275 g/mol. The summed E-state index contributed by atoms with van der Waals surface area (Å²) in [6.45, 7) is 0.193. The molecule has 102 valence electrons. The number of rotatable bonds is 4. The SMILES string of the molecule is O=c1onc(Cc2ccc(F)cc2)n1Cc1ncn[nH]1. The summed E-state index contributed by atoms with van der Waals surface area (Å²) in [4.78, 5) is 15.6. The Morgan fingerprint density at radius 2 is 2.10 bits per heavy atom. The van der Waals surface area contributed by atoms with Crippen molar-refractivity contribution in [2.45, 2.75) is 13.0 Å². The minimum absolute atomic E-state index is 0.193. The normalized spacial score (nSPS) is 10.8. The second-order valence-electron chi connectivity index (χ2n) is 4.19. The van der Waals surface area contributed by atoms with Gasteiger partial charge in [0.1, 0.15) is 18.0 Å². The van der Waals surface area contributed by atoms with E-state index in [0.717, 1.165) is 5.56 Å². The van der Waals surface area contributed by atoms with Gasteiger partial charge in [0, 0.05) is 6.42 Å². The van der Waals surface area contributed by atoms with Gasteiger partial charge in [0.25, 0.3) is 0 Å². The van der Waals surface area contributed by atoms with Crippen LogP contribution in [0.1, 0.15) is 17.2 Å². The van der Waals surface area contributed by atoms with E-state index in [9.17, 15) is 9.18 Å². The van der Waals surface area contributed by atoms with Gasteiger partial charge in [0.05, 0.1) is 6.54 Å². The molecule has 8 heteroatoms. The molecule has 2 aromatic heterocycles. The lowest BCUT2D eigenvalue weighted by molar-refractivity contribution is 0.374. The molecule has 0 fully saturated rings. The molecule has 2 heterocycles. The second kappa shape index (κ2) is 5.08. The maximum absolute atomic E-state index is 12.9. The number of hydrogen-bond acceptors (Lipinski definition) is 5. The highest BCUT2D eigenvalue weighted by Crippen LogP contribution is 2.08. The number of halogens is 1. The summed E-state index contributed by atoms with van der Waals surface area (Å²) in [5.74, 6) is 0.0835. The van der Waals surface area contributed by atoms with Crippen molar-refractivity contribution < 1.29 is 8.91 Å². The van der Waals surface area contributed by atoms with E-state index in [-0.39, 0.29) is 12.4 Å². The molecule has 0 spiro atoms. The summed E-state index contributed by atoms with van der Waals surface area (Å²) in [5, 5.41) is 10.1. The minimum Gasteiger partial charge on any atom is -0.296 e. The number of aromatic amines is 1. The number of nitrogens with one attached hydrogen (secondary N) is 1. The standard InChI is InChI=1S/C12H10FN5O2/c13-9-3-1-8(2-4-9)5-11-17-20-12(19)18(11)6-10-14-7-15-16-10/h1-4,7H,5-6H2,(H,14,15,16). The first-order valence-electron chi connectivity index (χ1n) is 5.86. The van der Waals surface area contributed by atoms with E-state index in [4.69, 9.17) is 0 Å². The van der Waals surface area contributed by atoms with Crippen LogP contribution in [0.3, 0.4) is 0 Å². The molecule has 3 aromatic rings. The largest absolute Gasteiger partial charge is 0.442 e. The molecule has 0 saturated carbocycles. The highest BCUT2D eigenvalue weighted by atomic mass is 19.1. The average Bonchev–Trinajstić information content (AvgIpc) is 3.06. The summed E-state index contributed by atoms with van der Waals surface area (Å²) in [7, 11) is 0. The van der Waals surface area contributed by atoms with E-state index >= 15 is 0 Å². The molecule has 0 unspecified atom stereocenters. The fourth-order valence-electron chi connectivity index (χ4n) is 1.82. The molecule has 0 bridgehead atoms. The van der Waals surface area contributed by atoms with Crippen molar-refractivity contribution in [1.29, 1.82) is 0 Å². The molecule has 1 aromatic carbocycles. The number of aromatic nitrogens is 5. The first kappa shape index (κ1) is 12.3. The van der Waals surface area contributed by atoms with Crippen molar-refractivity contribution in [2.75, 3.05) is 0 Å². The molecule has 0 aliphatic carbocycles. The molecule has 0 aliphatic rings. The maximum Gasteiger partial charge on any atom is 0.442 e. The molecule has 0 amide bonds. The van der Waals surface area contributed by atoms with Crippen LogP contribution in [0.2, 0.25) is 0 Å². The van der Waals surface area contributed by atoms with Gasteiger partial charge in [0.15, 0.2) is 5.82 Å². The summed E-state index contributed by atoms with van der Waals surface area (Å²) in [6.07, 6.45) is 1.72. The number of H-pyrrole nitrogens is 1. The zero-order valence-corrected chi connectivity index (χ0v) is 10.3. The number of nitrogens with zero attached hydrogens (tertiary/aromatic N) is 4. The molecule has 7 nitrogen and oxygen atoms in total. The second-order valence-corrected chi connectivity index (χ2v) is 4.19. The third-order valence-corrected chi connectivity index (χ3v) is 2.81. The molecule has 0 aliphatic heterocycles. The predicted octanol–water partition coefficient (Wildman–Crippen LogP) is 0.733. The Hall–Kier alpha value is -2.77. The number of hydrogen-bond donors (Lipinski definition) is 1. The summed E-state index contributed by atoms with van der Waals surface area (Å²) < 4.78 is 18.9. The van der Waals surface area contributed by atoms with Crippen molar-refractivity contribution in [3.05, 3.63) is 64.2 Å². The molecular formula is C12H10FN5O2. The Labute approximate surface area is 112 Å². The maximum atomic E-state index is 12.9. The lowest BCUT2D eigenvalue weighted by atomic mass is 10.1. The van der Waals surface area contributed by atoms with Crippen molar-refractivity contribution >= 4 is 0 Å². The quantitative estimate of drug-likeness (QED) is 0.758. The van der Waals surface area contributed by atoms with Crippen molar-refractivity contribution in [3.63, 3.8) is 0 Å². The fraction of sp³-hybridized carbons (Fsp3) is 0.167. The van der Waals surface area contributed by atoms with Crippen LogP contribution in [-0.2, 0) is 13.0 Å². The minimum atomic E-state index is -0.571. The summed E-state index contributed by atoms with van der Waals surface area (Å²) in [6, 6.07) is 5.98. The molecule has 0 atom stereocenters. The van der Waals surface area contributed by atoms with Crippen molar-refractivity contribution in [1.82, 2.24) is 24.9 Å². The van der Waals surface area contributed by atoms with Crippen LogP contribution in [0.25, 0.3) is 0 Å². The Kier molecular flexibility index (Phi) is 3.12. The zero-order chi connectivity index (χ0) is 13.9. The van der Waals surface area contributed by atoms with Gasteiger partial charge in [0.2, 0.25) is 0 Å². The van der Waals surface area contributed by atoms with Gasteiger partial charge < -0.3 is 0 Å². The van der Waals surface area contributed by atoms with Crippen LogP contribution >= 0.6 is 0 Å². The van der Waals surface area contributed by atoms with Gasteiger partial charge in [-0.05, 0) is 17.7 Å². The number of benzene rings is 1. The van der Waals surface area contributed by atoms with Crippen molar-refractivity contribution in [2.24, 2.45) is 0 Å². The molecule has 0 radical (unpaired) electrons. The summed E-state index contributed by atoms with van der Waals surface area (Å²) >= 11 is 0. The first-order chi connectivity index (χ1) is 9.72. The van der Waals surface area contributed by atoms with Gasteiger partial charge in [-0.2, -0.15) is 5.10 Å². The lowest BCUT2D eigenvalue weighted by Crippen LogP contribution is -2.19. The van der Waals surface area contributed by atoms with Crippen LogP contribution in [0.5, 0.6) is 0 Å². The molecule has 0 saturated heterocycles. The van der Waals surface area contributed by atoms with Crippen LogP contribution < -0.4 is 5.76 Å². The Morgan fingerprint density at radius 3 is 2.80 bits per heavy atom.